The maximum absolute atomic E-state index is 10.4. The van der Waals surface area contributed by atoms with Gasteiger partial charge in [0.15, 0.2) is 5.44 Å². The van der Waals surface area contributed by atoms with E-state index in [9.17, 15) is 9.59 Å². The third-order valence-electron chi connectivity index (χ3n) is 4.32. The van der Waals surface area contributed by atoms with E-state index in [1.165, 1.54) is 37.7 Å². The molecule has 2 amide bonds. The Labute approximate surface area is 154 Å². The first-order valence-corrected chi connectivity index (χ1v) is 9.83. The molecule has 0 radical (unpaired) electrons. The van der Waals surface area contributed by atoms with Gasteiger partial charge in [-0.1, -0.05) is 43.9 Å². The average molecular weight is 368 g/mol. The highest BCUT2D eigenvalue weighted by molar-refractivity contribution is 7.99. The molecule has 6 heteroatoms. The van der Waals surface area contributed by atoms with Crippen LogP contribution in [0.1, 0.15) is 44.6 Å². The van der Waals surface area contributed by atoms with Crippen molar-refractivity contribution < 1.29 is 19.4 Å². The molecule has 1 aromatic rings. The summed E-state index contributed by atoms with van der Waals surface area (Å²) in [5.74, 6) is 0.329. The van der Waals surface area contributed by atoms with Gasteiger partial charge in [-0.15, -0.1) is 11.8 Å². The second-order valence-corrected chi connectivity index (χ2v) is 7.61. The standard InChI is InChI=1S/C15H22O.C4H7NO3S/c1-13-6-8-14(9-7-13)16-12-15(2)10-4-3-5-11-15;1-9-4(8)3(7)5-2-6/h6-9H,3-5,10-12H2,1-2H3;2,4,8H,1H3,(H,5,6,7). The Morgan fingerprint density at radius 3 is 2.44 bits per heavy atom. The Morgan fingerprint density at radius 2 is 1.92 bits per heavy atom. The summed E-state index contributed by atoms with van der Waals surface area (Å²) in [7, 11) is 0. The van der Waals surface area contributed by atoms with Crippen LogP contribution in [-0.4, -0.2) is 35.7 Å². The third-order valence-corrected chi connectivity index (χ3v) is 4.98. The molecule has 25 heavy (non-hydrogen) atoms. The van der Waals surface area contributed by atoms with Crippen molar-refractivity contribution in [3.05, 3.63) is 29.8 Å². The number of carbonyl (C=O) groups excluding carboxylic acids is 2. The number of aliphatic hydroxyl groups is 1. The molecule has 1 aromatic carbocycles. The zero-order chi connectivity index (χ0) is 18.7. The van der Waals surface area contributed by atoms with E-state index in [0.29, 0.717) is 5.41 Å². The summed E-state index contributed by atoms with van der Waals surface area (Å²) >= 11 is 0.957. The first-order chi connectivity index (χ1) is 11.9. The molecule has 1 atom stereocenters. The zero-order valence-electron chi connectivity index (χ0n) is 15.3. The van der Waals surface area contributed by atoms with Crippen molar-refractivity contribution >= 4 is 24.1 Å². The summed E-state index contributed by atoms with van der Waals surface area (Å²) in [4.78, 5) is 19.9. The molecule has 140 valence electrons. The second kappa shape index (κ2) is 11.2. The van der Waals surface area contributed by atoms with E-state index in [0.717, 1.165) is 24.1 Å². The Morgan fingerprint density at radius 1 is 1.32 bits per heavy atom. The smallest absolute Gasteiger partial charge is 0.265 e. The Balaban J connectivity index is 0.000000299. The van der Waals surface area contributed by atoms with Crippen molar-refractivity contribution in [1.29, 1.82) is 0 Å². The minimum absolute atomic E-state index is 0.238. The number of carbonyl (C=O) groups is 2. The molecular formula is C19H29NO4S. The monoisotopic (exact) mass is 367 g/mol. The summed E-state index contributed by atoms with van der Waals surface area (Å²) in [5.41, 5.74) is 0.551. The number of hydrogen-bond acceptors (Lipinski definition) is 5. The molecule has 2 N–H and O–H groups in total. The molecule has 2 rings (SSSR count). The van der Waals surface area contributed by atoms with E-state index in [1.54, 1.807) is 11.6 Å². The highest BCUT2D eigenvalue weighted by Gasteiger charge is 2.27. The van der Waals surface area contributed by atoms with Crippen molar-refractivity contribution in [3.63, 3.8) is 0 Å². The number of aryl methyl sites for hydroxylation is 1. The number of rotatable bonds is 6. The van der Waals surface area contributed by atoms with Crippen LogP contribution in [0.5, 0.6) is 5.75 Å². The van der Waals surface area contributed by atoms with Crippen molar-refractivity contribution in [2.24, 2.45) is 5.41 Å². The van der Waals surface area contributed by atoms with Crippen LogP contribution in [0.3, 0.4) is 0 Å². The van der Waals surface area contributed by atoms with Gasteiger partial charge in [0.1, 0.15) is 5.75 Å². The van der Waals surface area contributed by atoms with Gasteiger partial charge in [-0.25, -0.2) is 0 Å². The normalized spacial score (nSPS) is 16.8. The first-order valence-electron chi connectivity index (χ1n) is 8.54. The summed E-state index contributed by atoms with van der Waals surface area (Å²) in [6.07, 6.45) is 8.58. The Kier molecular flexibility index (Phi) is 9.60. The van der Waals surface area contributed by atoms with Gasteiger partial charge in [0, 0.05) is 5.41 Å². The average Bonchev–Trinajstić information content (AvgIpc) is 2.62. The Bertz CT molecular complexity index is 527. The molecule has 0 spiro atoms. The van der Waals surface area contributed by atoms with Crippen molar-refractivity contribution in [2.75, 3.05) is 12.9 Å². The molecule has 0 aliphatic heterocycles. The van der Waals surface area contributed by atoms with E-state index >= 15 is 0 Å². The summed E-state index contributed by atoms with van der Waals surface area (Å²) < 4.78 is 5.90. The molecule has 1 saturated carbocycles. The minimum Gasteiger partial charge on any atom is -0.493 e. The van der Waals surface area contributed by atoms with Gasteiger partial charge in [0.25, 0.3) is 5.91 Å². The number of aliphatic hydroxyl groups excluding tert-OH is 1. The molecule has 0 aromatic heterocycles. The second-order valence-electron chi connectivity index (χ2n) is 6.69. The number of imide groups is 1. The largest absolute Gasteiger partial charge is 0.493 e. The van der Waals surface area contributed by atoms with Gasteiger partial charge in [-0.3, -0.25) is 14.9 Å². The quantitative estimate of drug-likeness (QED) is 0.596. The highest BCUT2D eigenvalue weighted by atomic mass is 32.2. The van der Waals surface area contributed by atoms with Crippen LogP contribution in [0, 0.1) is 12.3 Å². The van der Waals surface area contributed by atoms with Crippen molar-refractivity contribution in [2.45, 2.75) is 51.4 Å². The number of thioether (sulfide) groups is 1. The fourth-order valence-corrected chi connectivity index (χ4v) is 2.96. The molecule has 1 unspecified atom stereocenters. The number of ether oxygens (including phenoxy) is 1. The molecular weight excluding hydrogens is 338 g/mol. The van der Waals surface area contributed by atoms with Crippen LogP contribution in [0.15, 0.2) is 24.3 Å². The van der Waals surface area contributed by atoms with Crippen LogP contribution < -0.4 is 10.1 Å². The van der Waals surface area contributed by atoms with E-state index in [-0.39, 0.29) is 6.41 Å². The lowest BCUT2D eigenvalue weighted by molar-refractivity contribution is -0.128. The molecule has 5 nitrogen and oxygen atoms in total. The van der Waals surface area contributed by atoms with Gasteiger partial charge in [-0.2, -0.15) is 0 Å². The predicted octanol–water partition coefficient (Wildman–Crippen LogP) is 3.28. The topological polar surface area (TPSA) is 75.6 Å². The molecule has 1 fully saturated rings. The lowest BCUT2D eigenvalue weighted by Crippen LogP contribution is -2.30. The lowest BCUT2D eigenvalue weighted by Gasteiger charge is -2.33. The molecule has 1 aliphatic rings. The van der Waals surface area contributed by atoms with Gasteiger partial charge >= 0.3 is 0 Å². The van der Waals surface area contributed by atoms with Gasteiger partial charge in [-0.05, 0) is 38.2 Å². The molecule has 0 saturated heterocycles. The van der Waals surface area contributed by atoms with Crippen LogP contribution in [0.25, 0.3) is 0 Å². The summed E-state index contributed by atoms with van der Waals surface area (Å²) in [5, 5.41) is 10.5. The predicted molar refractivity (Wildman–Crippen MR) is 102 cm³/mol. The molecule has 0 heterocycles. The zero-order valence-corrected chi connectivity index (χ0v) is 16.1. The first kappa shape index (κ1) is 21.5. The molecule has 1 aliphatic carbocycles. The van der Waals surface area contributed by atoms with Gasteiger partial charge in [0.2, 0.25) is 6.41 Å². The number of nitrogens with one attached hydrogen (secondary N) is 1. The summed E-state index contributed by atoms with van der Waals surface area (Å²) in [6.45, 7) is 5.34. The number of benzene rings is 1. The van der Waals surface area contributed by atoms with Crippen LogP contribution in [0.4, 0.5) is 0 Å². The van der Waals surface area contributed by atoms with E-state index < -0.39 is 11.3 Å². The SMILES string of the molecule is CSC(O)C(=O)NC=O.Cc1ccc(OCC2(C)CCCCC2)cc1. The van der Waals surface area contributed by atoms with Crippen LogP contribution in [-0.2, 0) is 9.59 Å². The van der Waals surface area contributed by atoms with Crippen LogP contribution in [0.2, 0.25) is 0 Å². The van der Waals surface area contributed by atoms with Crippen molar-refractivity contribution in [1.82, 2.24) is 5.32 Å². The van der Waals surface area contributed by atoms with E-state index in [4.69, 9.17) is 9.84 Å². The fourth-order valence-electron chi connectivity index (χ4n) is 2.68. The fraction of sp³-hybridized carbons (Fsp3) is 0.579. The Hall–Kier alpha value is -1.53. The van der Waals surface area contributed by atoms with Crippen molar-refractivity contribution in [3.8, 4) is 5.75 Å². The van der Waals surface area contributed by atoms with Crippen LogP contribution >= 0.6 is 11.8 Å². The summed E-state index contributed by atoms with van der Waals surface area (Å²) in [6, 6.07) is 8.36. The maximum Gasteiger partial charge on any atom is 0.265 e. The third kappa shape index (κ3) is 8.40. The maximum atomic E-state index is 10.4. The van der Waals surface area contributed by atoms with Gasteiger partial charge in [0.05, 0.1) is 6.61 Å². The molecule has 0 bridgehead atoms. The van der Waals surface area contributed by atoms with E-state index in [1.807, 2.05) is 0 Å². The lowest BCUT2D eigenvalue weighted by atomic mass is 9.76. The number of amides is 2. The number of hydrogen-bond donors (Lipinski definition) is 2. The minimum atomic E-state index is -1.14. The van der Waals surface area contributed by atoms with Gasteiger partial charge < -0.3 is 9.84 Å². The van der Waals surface area contributed by atoms with E-state index in [2.05, 4.69) is 38.1 Å². The highest BCUT2D eigenvalue weighted by Crippen LogP contribution is 2.36.